The van der Waals surface area contributed by atoms with Crippen LogP contribution in [0, 0.1) is 5.92 Å². The van der Waals surface area contributed by atoms with Crippen molar-refractivity contribution in [1.29, 1.82) is 0 Å². The Morgan fingerprint density at radius 1 is 1.00 bits per heavy atom. The van der Waals surface area contributed by atoms with E-state index in [0.717, 1.165) is 11.1 Å². The summed E-state index contributed by atoms with van der Waals surface area (Å²) in [6.45, 7) is 2.31. The second kappa shape index (κ2) is 6.65. The van der Waals surface area contributed by atoms with Crippen molar-refractivity contribution in [2.75, 3.05) is 0 Å². The summed E-state index contributed by atoms with van der Waals surface area (Å²) in [4.78, 5) is 25.8. The van der Waals surface area contributed by atoms with Gasteiger partial charge in [0.25, 0.3) is 0 Å². The average Bonchev–Trinajstić information content (AvgIpc) is 2.61. The van der Waals surface area contributed by atoms with E-state index in [0.29, 0.717) is 13.0 Å². The van der Waals surface area contributed by atoms with Gasteiger partial charge in [0.05, 0.1) is 12.0 Å². The van der Waals surface area contributed by atoms with E-state index in [4.69, 9.17) is 0 Å². The Kier molecular flexibility index (Phi) is 4.42. The third-order valence-corrected chi connectivity index (χ3v) is 4.33. The van der Waals surface area contributed by atoms with Gasteiger partial charge in [-0.1, -0.05) is 67.6 Å². The predicted molar refractivity (Wildman–Crippen MR) is 88.6 cm³/mol. The molecule has 23 heavy (non-hydrogen) atoms. The normalized spacial score (nSPS) is 20.0. The first-order chi connectivity index (χ1) is 11.2. The fourth-order valence-corrected chi connectivity index (χ4v) is 2.92. The number of hydrogen-bond acceptors (Lipinski definition) is 2. The van der Waals surface area contributed by atoms with Crippen molar-refractivity contribution in [1.82, 2.24) is 10.2 Å². The summed E-state index contributed by atoms with van der Waals surface area (Å²) in [5.74, 6) is -0.214. The summed E-state index contributed by atoms with van der Waals surface area (Å²) >= 11 is 0. The van der Waals surface area contributed by atoms with Gasteiger partial charge >= 0.3 is 6.03 Å². The highest BCUT2D eigenvalue weighted by Crippen LogP contribution is 2.29. The molecule has 2 atom stereocenters. The molecule has 4 nitrogen and oxygen atoms in total. The van der Waals surface area contributed by atoms with Crippen LogP contribution < -0.4 is 5.32 Å². The van der Waals surface area contributed by atoms with Gasteiger partial charge in [0.2, 0.25) is 5.91 Å². The van der Waals surface area contributed by atoms with Gasteiger partial charge in [-0.25, -0.2) is 4.79 Å². The monoisotopic (exact) mass is 308 g/mol. The van der Waals surface area contributed by atoms with Gasteiger partial charge in [-0.15, -0.1) is 0 Å². The summed E-state index contributed by atoms with van der Waals surface area (Å²) < 4.78 is 0. The van der Waals surface area contributed by atoms with Crippen LogP contribution in [0.5, 0.6) is 0 Å². The van der Waals surface area contributed by atoms with Crippen LogP contribution in [0.4, 0.5) is 4.79 Å². The molecule has 1 saturated heterocycles. The minimum Gasteiger partial charge on any atom is -0.334 e. The van der Waals surface area contributed by atoms with E-state index < -0.39 is 0 Å². The third-order valence-electron chi connectivity index (χ3n) is 4.33. The van der Waals surface area contributed by atoms with E-state index in [2.05, 4.69) is 5.32 Å². The predicted octanol–water partition coefficient (Wildman–Crippen LogP) is 2.99. The first kappa shape index (κ1) is 15.3. The third kappa shape index (κ3) is 3.26. The number of imide groups is 1. The van der Waals surface area contributed by atoms with Crippen LogP contribution in [0.3, 0.4) is 0 Å². The summed E-state index contributed by atoms with van der Waals surface area (Å²) in [7, 11) is 0. The first-order valence-corrected chi connectivity index (χ1v) is 7.85. The van der Waals surface area contributed by atoms with Crippen molar-refractivity contribution in [3.8, 4) is 0 Å². The highest BCUT2D eigenvalue weighted by Gasteiger charge is 2.47. The Hall–Kier alpha value is -2.62. The number of nitrogens with one attached hydrogen (secondary N) is 1. The largest absolute Gasteiger partial charge is 0.334 e. The molecule has 118 valence electrons. The summed E-state index contributed by atoms with van der Waals surface area (Å²) in [6, 6.07) is 19.3. The minimum absolute atomic E-state index is 0.0688. The molecule has 3 rings (SSSR count). The molecule has 0 aromatic heterocycles. The maximum Gasteiger partial charge on any atom is 0.324 e. The molecular weight excluding hydrogens is 288 g/mol. The molecular formula is C19H20N2O2. The molecule has 0 radical (unpaired) electrons. The molecule has 0 bridgehead atoms. The molecule has 4 heteroatoms. The van der Waals surface area contributed by atoms with Crippen LogP contribution in [0.15, 0.2) is 60.7 Å². The molecule has 0 spiro atoms. The SMILES string of the molecule is C[C@@H]1C(=O)N(C(=O)NCc2ccccc2)[C@H]1Cc1ccccc1. The molecule has 1 aliphatic heterocycles. The van der Waals surface area contributed by atoms with Crippen molar-refractivity contribution >= 4 is 11.9 Å². The number of nitrogens with zero attached hydrogens (tertiary/aromatic N) is 1. The Labute approximate surface area is 136 Å². The zero-order valence-corrected chi connectivity index (χ0v) is 13.1. The zero-order chi connectivity index (χ0) is 16.2. The maximum absolute atomic E-state index is 12.3. The van der Waals surface area contributed by atoms with Gasteiger partial charge in [0.15, 0.2) is 0 Å². The highest BCUT2D eigenvalue weighted by atomic mass is 16.2. The lowest BCUT2D eigenvalue weighted by atomic mass is 9.85. The number of hydrogen-bond donors (Lipinski definition) is 1. The number of likely N-dealkylation sites (tertiary alicyclic amines) is 1. The molecule has 1 heterocycles. The van der Waals surface area contributed by atoms with Crippen LogP contribution in [-0.4, -0.2) is 22.9 Å². The second-order valence-corrected chi connectivity index (χ2v) is 5.90. The summed E-state index contributed by atoms with van der Waals surface area (Å²) in [5, 5.41) is 2.83. The summed E-state index contributed by atoms with van der Waals surface area (Å²) in [5.41, 5.74) is 2.15. The van der Waals surface area contributed by atoms with Crippen molar-refractivity contribution in [3.63, 3.8) is 0 Å². The number of β-lactam (4-membered cyclic amide) rings is 1. The molecule has 0 aliphatic carbocycles. The van der Waals surface area contributed by atoms with Crippen molar-refractivity contribution < 1.29 is 9.59 Å². The van der Waals surface area contributed by atoms with Crippen LogP contribution in [0.2, 0.25) is 0 Å². The van der Waals surface area contributed by atoms with Gasteiger partial charge in [0, 0.05) is 6.54 Å². The van der Waals surface area contributed by atoms with E-state index in [9.17, 15) is 9.59 Å². The maximum atomic E-state index is 12.3. The van der Waals surface area contributed by atoms with Gasteiger partial charge in [-0.2, -0.15) is 0 Å². The lowest BCUT2D eigenvalue weighted by molar-refractivity contribution is -0.148. The Bertz CT molecular complexity index is 685. The molecule has 1 fully saturated rings. The van der Waals surface area contributed by atoms with Crippen molar-refractivity contribution in [2.24, 2.45) is 5.92 Å². The summed E-state index contributed by atoms with van der Waals surface area (Å²) in [6.07, 6.45) is 0.701. The number of amides is 3. The zero-order valence-electron chi connectivity index (χ0n) is 13.1. The highest BCUT2D eigenvalue weighted by molar-refractivity contribution is 6.01. The molecule has 1 aliphatic rings. The average molecular weight is 308 g/mol. The number of rotatable bonds is 4. The van der Waals surface area contributed by atoms with E-state index in [1.54, 1.807) is 0 Å². The van der Waals surface area contributed by atoms with E-state index >= 15 is 0 Å². The van der Waals surface area contributed by atoms with E-state index in [1.807, 2.05) is 67.6 Å². The van der Waals surface area contributed by atoms with Crippen molar-refractivity contribution in [2.45, 2.75) is 25.9 Å². The van der Waals surface area contributed by atoms with E-state index in [1.165, 1.54) is 4.90 Å². The lowest BCUT2D eigenvalue weighted by Gasteiger charge is -2.44. The quantitative estimate of drug-likeness (QED) is 0.883. The van der Waals surface area contributed by atoms with Gasteiger partial charge in [-0.3, -0.25) is 9.69 Å². The second-order valence-electron chi connectivity index (χ2n) is 5.90. The van der Waals surface area contributed by atoms with Crippen LogP contribution in [0.1, 0.15) is 18.1 Å². The lowest BCUT2D eigenvalue weighted by Crippen LogP contribution is -2.65. The molecule has 2 aromatic rings. The first-order valence-electron chi connectivity index (χ1n) is 7.85. The Balaban J connectivity index is 1.62. The van der Waals surface area contributed by atoms with E-state index in [-0.39, 0.29) is 23.9 Å². The molecule has 2 aromatic carbocycles. The van der Waals surface area contributed by atoms with Gasteiger partial charge in [0.1, 0.15) is 0 Å². The molecule has 3 amide bonds. The van der Waals surface area contributed by atoms with Gasteiger partial charge in [-0.05, 0) is 17.5 Å². The van der Waals surface area contributed by atoms with Crippen LogP contribution in [-0.2, 0) is 17.8 Å². The number of benzene rings is 2. The fourth-order valence-electron chi connectivity index (χ4n) is 2.92. The Morgan fingerprint density at radius 3 is 2.17 bits per heavy atom. The number of carbonyl (C=O) groups excluding carboxylic acids is 2. The van der Waals surface area contributed by atoms with Crippen molar-refractivity contribution in [3.05, 3.63) is 71.8 Å². The standard InChI is InChI=1S/C19H20N2O2/c1-14-17(12-15-8-4-2-5-9-15)21(18(14)22)19(23)20-13-16-10-6-3-7-11-16/h2-11,14,17H,12-13H2,1H3,(H,20,23)/t14-,17-/m0/s1. The number of urea groups is 1. The molecule has 0 unspecified atom stereocenters. The molecule has 0 saturated carbocycles. The Morgan fingerprint density at radius 2 is 1.57 bits per heavy atom. The fraction of sp³-hybridized carbons (Fsp3) is 0.263. The van der Waals surface area contributed by atoms with Crippen LogP contribution >= 0.6 is 0 Å². The minimum atomic E-state index is -0.308. The topological polar surface area (TPSA) is 49.4 Å². The number of carbonyl (C=O) groups is 2. The molecule has 1 N–H and O–H groups in total. The van der Waals surface area contributed by atoms with Gasteiger partial charge < -0.3 is 5.32 Å². The smallest absolute Gasteiger partial charge is 0.324 e. The van der Waals surface area contributed by atoms with Crippen LogP contribution in [0.25, 0.3) is 0 Å².